The topological polar surface area (TPSA) is 170 Å². The fourth-order valence-electron chi connectivity index (χ4n) is 1.57. The molecule has 0 spiro atoms. The summed E-state index contributed by atoms with van der Waals surface area (Å²) in [6.07, 6.45) is 1.82. The SMILES string of the molecule is CC(O)C(N)C(=O)NCC(=O)NC(Cc1cnc[nH]1)C(=O)O. The van der Waals surface area contributed by atoms with E-state index in [0.717, 1.165) is 0 Å². The second kappa shape index (κ2) is 8.10. The summed E-state index contributed by atoms with van der Waals surface area (Å²) < 4.78 is 0. The fraction of sp³-hybridized carbons (Fsp3) is 0.500. The highest BCUT2D eigenvalue weighted by atomic mass is 16.4. The molecule has 1 aromatic rings. The van der Waals surface area contributed by atoms with Gasteiger partial charge in [0.05, 0.1) is 19.0 Å². The second-order valence-corrected chi connectivity index (χ2v) is 4.72. The Morgan fingerprint density at radius 1 is 1.45 bits per heavy atom. The molecule has 7 N–H and O–H groups in total. The molecule has 1 aromatic heterocycles. The normalized spacial score (nSPS) is 14.7. The Balaban J connectivity index is 2.47. The van der Waals surface area contributed by atoms with E-state index in [1.807, 2.05) is 0 Å². The Hall–Kier alpha value is -2.46. The summed E-state index contributed by atoms with van der Waals surface area (Å²) in [7, 11) is 0. The first kappa shape index (κ1) is 17.6. The summed E-state index contributed by atoms with van der Waals surface area (Å²) >= 11 is 0. The van der Waals surface area contributed by atoms with Crippen molar-refractivity contribution in [1.29, 1.82) is 0 Å². The van der Waals surface area contributed by atoms with Gasteiger partial charge in [-0.1, -0.05) is 0 Å². The van der Waals surface area contributed by atoms with Gasteiger partial charge in [0.1, 0.15) is 12.1 Å². The Kier molecular flexibility index (Phi) is 6.47. The lowest BCUT2D eigenvalue weighted by atomic mass is 10.1. The number of aliphatic hydroxyl groups excluding tert-OH is 1. The van der Waals surface area contributed by atoms with E-state index in [2.05, 4.69) is 20.6 Å². The molecule has 10 nitrogen and oxygen atoms in total. The van der Waals surface area contributed by atoms with Crippen LogP contribution in [0, 0.1) is 0 Å². The Morgan fingerprint density at radius 3 is 2.64 bits per heavy atom. The van der Waals surface area contributed by atoms with Crippen molar-refractivity contribution in [3.05, 3.63) is 18.2 Å². The highest BCUT2D eigenvalue weighted by Gasteiger charge is 2.23. The number of carbonyl (C=O) groups excluding carboxylic acids is 2. The van der Waals surface area contributed by atoms with Gasteiger partial charge in [-0.05, 0) is 6.92 Å². The van der Waals surface area contributed by atoms with Gasteiger partial charge in [0.15, 0.2) is 0 Å². The largest absolute Gasteiger partial charge is 0.480 e. The molecule has 0 saturated heterocycles. The van der Waals surface area contributed by atoms with Gasteiger partial charge in [0, 0.05) is 18.3 Å². The van der Waals surface area contributed by atoms with Gasteiger partial charge in [0.2, 0.25) is 11.8 Å². The number of carbonyl (C=O) groups is 3. The first-order valence-electron chi connectivity index (χ1n) is 6.52. The van der Waals surface area contributed by atoms with E-state index < -0.39 is 42.5 Å². The molecule has 1 heterocycles. The van der Waals surface area contributed by atoms with Crippen LogP contribution in [-0.2, 0) is 20.8 Å². The number of imidazole rings is 1. The molecule has 22 heavy (non-hydrogen) atoms. The van der Waals surface area contributed by atoms with Crippen LogP contribution in [0.3, 0.4) is 0 Å². The Bertz CT molecular complexity index is 516. The van der Waals surface area contributed by atoms with E-state index in [1.165, 1.54) is 19.4 Å². The van der Waals surface area contributed by atoms with Gasteiger partial charge in [-0.3, -0.25) is 9.59 Å². The van der Waals surface area contributed by atoms with Crippen LogP contribution in [0.2, 0.25) is 0 Å². The first-order valence-corrected chi connectivity index (χ1v) is 6.52. The molecule has 0 radical (unpaired) electrons. The maximum atomic E-state index is 11.7. The van der Waals surface area contributed by atoms with E-state index in [-0.39, 0.29) is 6.42 Å². The third-order valence-corrected chi connectivity index (χ3v) is 2.86. The van der Waals surface area contributed by atoms with Crippen molar-refractivity contribution in [3.63, 3.8) is 0 Å². The van der Waals surface area contributed by atoms with E-state index in [9.17, 15) is 14.4 Å². The highest BCUT2D eigenvalue weighted by molar-refractivity contribution is 5.89. The summed E-state index contributed by atoms with van der Waals surface area (Å²) in [5, 5.41) is 22.7. The number of nitrogens with one attached hydrogen (secondary N) is 3. The standard InChI is InChI=1S/C12H19N5O5/c1-6(18)10(13)11(20)15-4-9(19)17-8(12(21)22)2-7-3-14-5-16-7/h3,5-6,8,10,18H,2,4,13H2,1H3,(H,14,16)(H,15,20)(H,17,19)(H,21,22). The molecule has 0 aliphatic rings. The number of nitrogens with zero attached hydrogens (tertiary/aromatic N) is 1. The van der Waals surface area contributed by atoms with Crippen molar-refractivity contribution in [3.8, 4) is 0 Å². The maximum absolute atomic E-state index is 11.7. The second-order valence-electron chi connectivity index (χ2n) is 4.72. The number of rotatable bonds is 8. The van der Waals surface area contributed by atoms with Crippen LogP contribution in [0.5, 0.6) is 0 Å². The van der Waals surface area contributed by atoms with Gasteiger partial charge < -0.3 is 31.6 Å². The van der Waals surface area contributed by atoms with Crippen LogP contribution >= 0.6 is 0 Å². The molecular weight excluding hydrogens is 294 g/mol. The third kappa shape index (κ3) is 5.50. The summed E-state index contributed by atoms with van der Waals surface area (Å²) in [4.78, 5) is 40.7. The predicted molar refractivity (Wildman–Crippen MR) is 74.5 cm³/mol. The number of aliphatic hydroxyl groups is 1. The molecule has 10 heteroatoms. The van der Waals surface area contributed by atoms with Crippen molar-refractivity contribution in [1.82, 2.24) is 20.6 Å². The summed E-state index contributed by atoms with van der Waals surface area (Å²) in [6.45, 7) is 0.904. The number of nitrogens with two attached hydrogens (primary N) is 1. The number of aliphatic carboxylic acids is 1. The minimum Gasteiger partial charge on any atom is -0.480 e. The molecule has 0 fully saturated rings. The van der Waals surface area contributed by atoms with Crippen LogP contribution in [-0.4, -0.2) is 62.7 Å². The lowest BCUT2D eigenvalue weighted by molar-refractivity contribution is -0.141. The van der Waals surface area contributed by atoms with Gasteiger partial charge in [-0.15, -0.1) is 0 Å². The summed E-state index contributed by atoms with van der Waals surface area (Å²) in [5.74, 6) is -2.60. The van der Waals surface area contributed by atoms with Crippen molar-refractivity contribution >= 4 is 17.8 Å². The van der Waals surface area contributed by atoms with Crippen LogP contribution in [0.1, 0.15) is 12.6 Å². The fourth-order valence-corrected chi connectivity index (χ4v) is 1.57. The number of hydrogen-bond donors (Lipinski definition) is 6. The van der Waals surface area contributed by atoms with Crippen LogP contribution < -0.4 is 16.4 Å². The minimum absolute atomic E-state index is 0.0300. The molecule has 3 unspecified atom stereocenters. The van der Waals surface area contributed by atoms with E-state index in [1.54, 1.807) is 0 Å². The average Bonchev–Trinajstić information content (AvgIpc) is 2.95. The number of carboxylic acid groups (broad SMARTS) is 1. The summed E-state index contributed by atoms with van der Waals surface area (Å²) in [6, 6.07) is -2.32. The van der Waals surface area contributed by atoms with Gasteiger partial charge in [0.25, 0.3) is 0 Å². The molecule has 2 amide bonds. The zero-order valence-electron chi connectivity index (χ0n) is 11.9. The molecule has 0 bridgehead atoms. The molecule has 0 aromatic carbocycles. The predicted octanol–water partition coefficient (Wildman–Crippen LogP) is -2.65. The Morgan fingerprint density at radius 2 is 2.14 bits per heavy atom. The van der Waals surface area contributed by atoms with Gasteiger partial charge in [-0.2, -0.15) is 0 Å². The van der Waals surface area contributed by atoms with Crippen molar-refractivity contribution in [2.75, 3.05) is 6.54 Å². The van der Waals surface area contributed by atoms with Crippen molar-refractivity contribution in [2.24, 2.45) is 5.73 Å². The molecule has 0 aliphatic heterocycles. The van der Waals surface area contributed by atoms with Crippen LogP contribution in [0.25, 0.3) is 0 Å². The Labute approximate surface area is 126 Å². The van der Waals surface area contributed by atoms with Gasteiger partial charge >= 0.3 is 5.97 Å². The molecule has 1 rings (SSSR count). The number of aromatic nitrogens is 2. The summed E-state index contributed by atoms with van der Waals surface area (Å²) in [5.41, 5.74) is 5.94. The lowest BCUT2D eigenvalue weighted by Gasteiger charge is -2.16. The zero-order valence-corrected chi connectivity index (χ0v) is 11.9. The van der Waals surface area contributed by atoms with E-state index in [4.69, 9.17) is 15.9 Å². The molecule has 0 saturated carbocycles. The van der Waals surface area contributed by atoms with Crippen LogP contribution in [0.4, 0.5) is 0 Å². The molecular formula is C12H19N5O5. The highest BCUT2D eigenvalue weighted by Crippen LogP contribution is 1.98. The third-order valence-electron chi connectivity index (χ3n) is 2.86. The zero-order chi connectivity index (χ0) is 16.7. The maximum Gasteiger partial charge on any atom is 0.326 e. The monoisotopic (exact) mass is 313 g/mol. The molecule has 3 atom stereocenters. The van der Waals surface area contributed by atoms with Crippen LogP contribution in [0.15, 0.2) is 12.5 Å². The number of H-pyrrole nitrogens is 1. The first-order chi connectivity index (χ1) is 10.3. The number of aromatic amines is 1. The van der Waals surface area contributed by atoms with Crippen molar-refractivity contribution in [2.45, 2.75) is 31.5 Å². The lowest BCUT2D eigenvalue weighted by Crippen LogP contribution is -2.51. The minimum atomic E-state index is -1.21. The number of amides is 2. The molecule has 122 valence electrons. The van der Waals surface area contributed by atoms with E-state index >= 15 is 0 Å². The van der Waals surface area contributed by atoms with Crippen molar-refractivity contribution < 1.29 is 24.6 Å². The van der Waals surface area contributed by atoms with Gasteiger partial charge in [-0.25, -0.2) is 9.78 Å². The number of hydrogen-bond acceptors (Lipinski definition) is 6. The van der Waals surface area contributed by atoms with E-state index in [0.29, 0.717) is 5.69 Å². The quantitative estimate of drug-likeness (QED) is 0.304. The number of carboxylic acids is 1. The smallest absolute Gasteiger partial charge is 0.326 e. The molecule has 0 aliphatic carbocycles. The average molecular weight is 313 g/mol.